The van der Waals surface area contributed by atoms with Crippen molar-refractivity contribution in [2.24, 2.45) is 0 Å². The third-order valence-corrected chi connectivity index (χ3v) is 7.92. The third-order valence-electron chi connectivity index (χ3n) is 6.78. The molecule has 2 aromatic carbocycles. The predicted octanol–water partition coefficient (Wildman–Crippen LogP) is 7.65. The summed E-state index contributed by atoms with van der Waals surface area (Å²) in [5.41, 5.74) is 5.73. The molecule has 0 radical (unpaired) electrons. The van der Waals surface area contributed by atoms with Gasteiger partial charge in [0, 0.05) is 35.4 Å². The van der Waals surface area contributed by atoms with Crippen molar-refractivity contribution in [1.82, 2.24) is 14.9 Å². The van der Waals surface area contributed by atoms with Crippen LogP contribution in [0.5, 0.6) is 5.75 Å². The SMILES string of the molecule is COCCOc1ccc(N2C(=S)N[C@H](c3ccccn3)[C@@H]2c2cc(C)n(-c3ccc(Cl)cc3Cl)c2C)cc1Cl. The molecular formula is C29H27Cl3N4O2S. The van der Waals surface area contributed by atoms with E-state index < -0.39 is 0 Å². The number of aromatic nitrogens is 2. The monoisotopic (exact) mass is 600 g/mol. The lowest BCUT2D eigenvalue weighted by molar-refractivity contribution is 0.146. The van der Waals surface area contributed by atoms with Gasteiger partial charge < -0.3 is 24.3 Å². The molecule has 0 bridgehead atoms. The first-order valence-corrected chi connectivity index (χ1v) is 13.9. The summed E-state index contributed by atoms with van der Waals surface area (Å²) in [5.74, 6) is 0.587. The minimum atomic E-state index is -0.213. The number of hydrogen-bond acceptors (Lipinski definition) is 4. The highest BCUT2D eigenvalue weighted by molar-refractivity contribution is 7.80. The maximum atomic E-state index is 6.65. The minimum absolute atomic E-state index is 0.204. The van der Waals surface area contributed by atoms with Gasteiger partial charge in [-0.1, -0.05) is 40.9 Å². The molecule has 4 aromatic rings. The number of methoxy groups -OCH3 is 1. The topological polar surface area (TPSA) is 51.6 Å². The molecule has 1 aliphatic rings. The molecule has 1 N–H and O–H groups in total. The standard InChI is InChI=1S/C29H27Cl3N4O2S/c1-17-14-21(18(2)35(17)25-9-7-19(30)15-22(25)31)28-27(24-6-4-5-11-33-24)34-29(39)36(28)20-8-10-26(23(32)16-20)38-13-12-37-3/h4-11,14-16,27-28H,12-13H2,1-3H3,(H,34,39)/t27-,28+/m1/s1. The lowest BCUT2D eigenvalue weighted by Crippen LogP contribution is -2.29. The Hall–Kier alpha value is -2.81. The summed E-state index contributed by atoms with van der Waals surface area (Å²) in [7, 11) is 1.63. The molecule has 1 aliphatic heterocycles. The average molecular weight is 602 g/mol. The van der Waals surface area contributed by atoms with Crippen molar-refractivity contribution in [3.05, 3.63) is 105 Å². The summed E-state index contributed by atoms with van der Waals surface area (Å²) in [6, 6.07) is 18.9. The molecule has 39 heavy (non-hydrogen) atoms. The zero-order valence-electron chi connectivity index (χ0n) is 21.6. The Morgan fingerprint density at radius 2 is 1.79 bits per heavy atom. The van der Waals surface area contributed by atoms with Gasteiger partial charge in [0.15, 0.2) is 5.11 Å². The van der Waals surface area contributed by atoms with E-state index in [1.807, 2.05) is 48.5 Å². The summed E-state index contributed by atoms with van der Waals surface area (Å²) in [6.07, 6.45) is 1.79. The number of anilines is 1. The predicted molar refractivity (Wildman–Crippen MR) is 162 cm³/mol. The van der Waals surface area contributed by atoms with Crippen molar-refractivity contribution in [1.29, 1.82) is 0 Å². The van der Waals surface area contributed by atoms with E-state index in [-0.39, 0.29) is 12.1 Å². The summed E-state index contributed by atoms with van der Waals surface area (Å²) in [6.45, 7) is 5.02. The number of hydrogen-bond donors (Lipinski definition) is 1. The molecule has 0 unspecified atom stereocenters. The second-order valence-corrected chi connectivity index (χ2v) is 10.8. The van der Waals surface area contributed by atoms with Gasteiger partial charge in [-0.2, -0.15) is 0 Å². The van der Waals surface area contributed by atoms with Crippen LogP contribution in [0, 0.1) is 13.8 Å². The lowest BCUT2D eigenvalue weighted by Gasteiger charge is -2.28. The zero-order valence-corrected chi connectivity index (χ0v) is 24.7. The highest BCUT2D eigenvalue weighted by Crippen LogP contribution is 2.45. The highest BCUT2D eigenvalue weighted by atomic mass is 35.5. The van der Waals surface area contributed by atoms with E-state index in [0.717, 1.165) is 34.0 Å². The van der Waals surface area contributed by atoms with Crippen LogP contribution < -0.4 is 15.0 Å². The van der Waals surface area contributed by atoms with E-state index in [1.165, 1.54) is 0 Å². The smallest absolute Gasteiger partial charge is 0.174 e. The van der Waals surface area contributed by atoms with Crippen molar-refractivity contribution in [2.75, 3.05) is 25.2 Å². The Kier molecular flexibility index (Phi) is 8.35. The number of aryl methyl sites for hydroxylation is 1. The van der Waals surface area contributed by atoms with Gasteiger partial charge in [0.1, 0.15) is 12.4 Å². The van der Waals surface area contributed by atoms with Crippen LogP contribution in [0.3, 0.4) is 0 Å². The number of nitrogens with zero attached hydrogens (tertiary/aromatic N) is 3. The second kappa shape index (κ2) is 11.7. The van der Waals surface area contributed by atoms with Gasteiger partial charge in [-0.05, 0) is 86.2 Å². The summed E-state index contributed by atoms with van der Waals surface area (Å²) < 4.78 is 13.0. The van der Waals surface area contributed by atoms with Crippen molar-refractivity contribution in [3.8, 4) is 11.4 Å². The number of thiocarbonyl (C=S) groups is 1. The van der Waals surface area contributed by atoms with E-state index in [2.05, 4.69) is 39.7 Å². The molecule has 6 nitrogen and oxygen atoms in total. The van der Waals surface area contributed by atoms with Crippen molar-refractivity contribution >= 4 is 57.8 Å². The van der Waals surface area contributed by atoms with Crippen LogP contribution in [0.25, 0.3) is 5.69 Å². The van der Waals surface area contributed by atoms with E-state index in [0.29, 0.717) is 39.1 Å². The van der Waals surface area contributed by atoms with Crippen LogP contribution >= 0.6 is 47.0 Å². The van der Waals surface area contributed by atoms with E-state index in [9.17, 15) is 0 Å². The molecule has 1 saturated heterocycles. The molecule has 0 saturated carbocycles. The van der Waals surface area contributed by atoms with Gasteiger partial charge in [0.05, 0.1) is 40.1 Å². The van der Waals surface area contributed by atoms with E-state index in [4.69, 9.17) is 56.5 Å². The van der Waals surface area contributed by atoms with Crippen LogP contribution in [-0.2, 0) is 4.74 Å². The number of pyridine rings is 1. The number of nitrogens with one attached hydrogen (secondary N) is 1. The Balaban J connectivity index is 1.62. The normalized spacial score (nSPS) is 17.0. The maximum Gasteiger partial charge on any atom is 0.174 e. The van der Waals surface area contributed by atoms with Gasteiger partial charge in [-0.3, -0.25) is 4.98 Å². The minimum Gasteiger partial charge on any atom is -0.490 e. The van der Waals surface area contributed by atoms with Crippen LogP contribution in [0.2, 0.25) is 15.1 Å². The second-order valence-electron chi connectivity index (χ2n) is 9.21. The molecule has 3 heterocycles. The Morgan fingerprint density at radius 3 is 2.49 bits per heavy atom. The zero-order chi connectivity index (χ0) is 27.7. The van der Waals surface area contributed by atoms with Crippen LogP contribution in [0.15, 0.2) is 66.9 Å². The van der Waals surface area contributed by atoms with E-state index >= 15 is 0 Å². The van der Waals surface area contributed by atoms with Crippen LogP contribution in [0.4, 0.5) is 5.69 Å². The molecular weight excluding hydrogens is 575 g/mol. The number of ether oxygens (including phenoxy) is 2. The van der Waals surface area contributed by atoms with Crippen LogP contribution in [0.1, 0.15) is 34.7 Å². The lowest BCUT2D eigenvalue weighted by atomic mass is 9.96. The first-order valence-electron chi connectivity index (χ1n) is 12.4. The molecule has 202 valence electrons. The molecule has 5 rings (SSSR count). The Morgan fingerprint density at radius 1 is 0.974 bits per heavy atom. The maximum absolute atomic E-state index is 6.65. The fourth-order valence-electron chi connectivity index (χ4n) is 5.06. The van der Waals surface area contributed by atoms with Crippen LogP contribution in [-0.4, -0.2) is 35.0 Å². The Bertz CT molecular complexity index is 1510. The molecule has 1 fully saturated rings. The first kappa shape index (κ1) is 27.7. The van der Waals surface area contributed by atoms with Gasteiger partial charge in [-0.25, -0.2) is 0 Å². The van der Waals surface area contributed by atoms with Crippen molar-refractivity contribution in [2.45, 2.75) is 25.9 Å². The number of halogens is 3. The summed E-state index contributed by atoms with van der Waals surface area (Å²) >= 11 is 25.4. The summed E-state index contributed by atoms with van der Waals surface area (Å²) in [4.78, 5) is 6.76. The quantitative estimate of drug-likeness (QED) is 0.165. The molecule has 2 atom stereocenters. The molecule has 0 aliphatic carbocycles. The fraction of sp³-hybridized carbons (Fsp3) is 0.241. The van der Waals surface area contributed by atoms with Gasteiger partial charge >= 0.3 is 0 Å². The molecule has 2 aromatic heterocycles. The number of benzene rings is 2. The van der Waals surface area contributed by atoms with E-state index in [1.54, 1.807) is 19.4 Å². The largest absolute Gasteiger partial charge is 0.490 e. The van der Waals surface area contributed by atoms with Crippen molar-refractivity contribution < 1.29 is 9.47 Å². The van der Waals surface area contributed by atoms with Gasteiger partial charge in [0.2, 0.25) is 0 Å². The molecule has 0 amide bonds. The van der Waals surface area contributed by atoms with Gasteiger partial charge in [-0.15, -0.1) is 0 Å². The molecule has 10 heteroatoms. The fourth-order valence-corrected chi connectivity index (χ4v) is 6.13. The molecule has 0 spiro atoms. The third kappa shape index (κ3) is 5.47. The van der Waals surface area contributed by atoms with Gasteiger partial charge in [0.25, 0.3) is 0 Å². The Labute approximate surface area is 248 Å². The highest BCUT2D eigenvalue weighted by Gasteiger charge is 2.42. The summed E-state index contributed by atoms with van der Waals surface area (Å²) in [5, 5.41) is 5.74. The number of rotatable bonds is 8. The van der Waals surface area contributed by atoms with Crippen molar-refractivity contribution in [3.63, 3.8) is 0 Å². The first-order chi connectivity index (χ1) is 18.8. The average Bonchev–Trinajstić information content (AvgIpc) is 3.41.